The Labute approximate surface area is 234 Å². The molecule has 0 aliphatic carbocycles. The molecule has 12 nitrogen and oxygen atoms in total. The van der Waals surface area contributed by atoms with Gasteiger partial charge in [0.1, 0.15) is 25.0 Å². The van der Waals surface area contributed by atoms with E-state index in [1.165, 1.54) is 38.4 Å². The molecule has 212 valence electrons. The third-order valence-electron chi connectivity index (χ3n) is 7.20. The first-order valence-electron chi connectivity index (χ1n) is 12.8. The summed E-state index contributed by atoms with van der Waals surface area (Å²) >= 11 is 0. The molecule has 0 saturated heterocycles. The highest BCUT2D eigenvalue weighted by molar-refractivity contribution is 6.07. The number of rotatable bonds is 6. The second-order valence-corrected chi connectivity index (χ2v) is 10.1. The highest BCUT2D eigenvalue weighted by Crippen LogP contribution is 2.40. The first kappa shape index (κ1) is 27.4. The largest absolute Gasteiger partial charge is 0.486 e. The van der Waals surface area contributed by atoms with E-state index in [1.807, 2.05) is 0 Å². The zero-order valence-corrected chi connectivity index (χ0v) is 22.9. The Hall–Kier alpha value is -5.13. The van der Waals surface area contributed by atoms with Gasteiger partial charge in [-0.15, -0.1) is 0 Å². The van der Waals surface area contributed by atoms with Crippen LogP contribution in [0.1, 0.15) is 36.0 Å². The minimum atomic E-state index is -1.89. The van der Waals surface area contributed by atoms with Crippen LogP contribution in [0.4, 0.5) is 4.79 Å². The van der Waals surface area contributed by atoms with E-state index in [2.05, 4.69) is 4.98 Å². The van der Waals surface area contributed by atoms with Crippen molar-refractivity contribution in [2.75, 3.05) is 27.2 Å². The molecule has 2 atom stereocenters. The number of imide groups is 1. The summed E-state index contributed by atoms with van der Waals surface area (Å²) in [4.78, 5) is 60.7. The van der Waals surface area contributed by atoms with Gasteiger partial charge in [0.15, 0.2) is 11.3 Å². The quantitative estimate of drug-likeness (QED) is 0.369. The van der Waals surface area contributed by atoms with E-state index in [9.17, 15) is 24.3 Å². The molecule has 4 amide bonds. The van der Waals surface area contributed by atoms with Crippen molar-refractivity contribution in [3.8, 4) is 17.2 Å². The molecule has 0 saturated carbocycles. The van der Waals surface area contributed by atoms with Gasteiger partial charge in [-0.3, -0.25) is 14.4 Å². The number of hydrogen-bond acceptors (Lipinski definition) is 8. The number of carbonyl (C=O) groups is 4. The Morgan fingerprint density at radius 3 is 2.51 bits per heavy atom. The summed E-state index contributed by atoms with van der Waals surface area (Å²) in [7, 11) is 3.02. The number of likely N-dealkylation sites (N-methyl/N-ethyl adjacent to an activating group) is 1. The second-order valence-electron chi connectivity index (χ2n) is 10.1. The topological polar surface area (TPSA) is 147 Å². The van der Waals surface area contributed by atoms with E-state index in [4.69, 9.17) is 13.6 Å². The molecule has 0 fully saturated rings. The van der Waals surface area contributed by atoms with Gasteiger partial charge in [-0.1, -0.05) is 30.3 Å². The Morgan fingerprint density at radius 2 is 1.88 bits per heavy atom. The Balaban J connectivity index is 1.59. The summed E-state index contributed by atoms with van der Waals surface area (Å²) < 4.78 is 17.4. The molecule has 41 heavy (non-hydrogen) atoms. The molecule has 2 aromatic carbocycles. The van der Waals surface area contributed by atoms with Gasteiger partial charge in [0, 0.05) is 19.7 Å². The lowest BCUT2D eigenvalue weighted by Gasteiger charge is -2.40. The van der Waals surface area contributed by atoms with Crippen LogP contribution in [0.25, 0.3) is 22.4 Å². The van der Waals surface area contributed by atoms with Crippen molar-refractivity contribution >= 4 is 34.8 Å². The number of amides is 4. The fourth-order valence-corrected chi connectivity index (χ4v) is 4.76. The number of nitrogens with zero attached hydrogens (tertiary/aromatic N) is 4. The lowest BCUT2D eigenvalue weighted by atomic mass is 9.96. The first-order valence-corrected chi connectivity index (χ1v) is 12.8. The summed E-state index contributed by atoms with van der Waals surface area (Å²) in [6.07, 6.45) is 1.42. The van der Waals surface area contributed by atoms with Gasteiger partial charge in [0.2, 0.25) is 17.6 Å². The third kappa shape index (κ3) is 4.77. The lowest BCUT2D eigenvalue weighted by molar-refractivity contribution is -0.145. The van der Waals surface area contributed by atoms with Crippen LogP contribution in [0.5, 0.6) is 5.75 Å². The highest BCUT2D eigenvalue weighted by atomic mass is 16.5. The molecule has 2 aromatic heterocycles. The van der Waals surface area contributed by atoms with E-state index in [-0.39, 0.29) is 11.5 Å². The number of carboxylic acid groups (broad SMARTS) is 1. The average molecular weight is 561 g/mol. The van der Waals surface area contributed by atoms with Crippen LogP contribution in [-0.2, 0) is 9.59 Å². The van der Waals surface area contributed by atoms with Gasteiger partial charge in [0.25, 0.3) is 11.8 Å². The molecule has 0 bridgehead atoms. The van der Waals surface area contributed by atoms with E-state index < -0.39 is 48.5 Å². The predicted octanol–water partition coefficient (Wildman–Crippen LogP) is 4.04. The van der Waals surface area contributed by atoms with Gasteiger partial charge in [0.05, 0.1) is 17.6 Å². The average Bonchev–Trinajstić information content (AvgIpc) is 3.60. The maximum absolute atomic E-state index is 14.1. The van der Waals surface area contributed by atoms with E-state index in [1.54, 1.807) is 55.5 Å². The van der Waals surface area contributed by atoms with Crippen molar-refractivity contribution < 1.29 is 37.9 Å². The Morgan fingerprint density at radius 1 is 1.15 bits per heavy atom. The van der Waals surface area contributed by atoms with Crippen LogP contribution in [0.15, 0.2) is 69.8 Å². The fourth-order valence-electron chi connectivity index (χ4n) is 4.76. The van der Waals surface area contributed by atoms with Crippen LogP contribution in [0, 0.1) is 0 Å². The maximum Gasteiger partial charge on any atom is 0.414 e. The number of benzene rings is 2. The number of furan rings is 1. The first-order chi connectivity index (χ1) is 19.5. The molecular weight excluding hydrogens is 532 g/mol. The minimum Gasteiger partial charge on any atom is -0.486 e. The fraction of sp³-hybridized carbons (Fsp3) is 0.276. The monoisotopic (exact) mass is 560 g/mol. The zero-order valence-electron chi connectivity index (χ0n) is 22.9. The highest BCUT2D eigenvalue weighted by Gasteiger charge is 2.52. The summed E-state index contributed by atoms with van der Waals surface area (Å²) in [6, 6.07) is 12.8. The van der Waals surface area contributed by atoms with Crippen molar-refractivity contribution in [2.45, 2.75) is 25.4 Å². The molecule has 1 aliphatic heterocycles. The number of ether oxygens (including phenoxy) is 1. The van der Waals surface area contributed by atoms with Crippen molar-refractivity contribution in [3.05, 3.63) is 72.3 Å². The van der Waals surface area contributed by atoms with Gasteiger partial charge in [-0.2, -0.15) is 0 Å². The van der Waals surface area contributed by atoms with Crippen molar-refractivity contribution in [2.24, 2.45) is 0 Å². The molecule has 0 spiro atoms. The lowest BCUT2D eigenvalue weighted by Crippen LogP contribution is -2.64. The summed E-state index contributed by atoms with van der Waals surface area (Å²) in [5.74, 6) is -1.99. The van der Waals surface area contributed by atoms with Crippen LogP contribution in [0.2, 0.25) is 0 Å². The predicted molar refractivity (Wildman–Crippen MR) is 145 cm³/mol. The zero-order chi connectivity index (χ0) is 29.5. The normalized spacial score (nSPS) is 17.4. The minimum absolute atomic E-state index is 0.0840. The number of oxazole rings is 1. The molecule has 1 unspecified atom stereocenters. The summed E-state index contributed by atoms with van der Waals surface area (Å²) in [5.41, 5.74) is -0.414. The molecule has 1 N–H and O–H groups in total. The van der Waals surface area contributed by atoms with Crippen LogP contribution >= 0.6 is 0 Å². The molecule has 4 aromatic rings. The standard InChI is InChI=1S/C29H28N4O8/c1-17(18-8-6-5-7-9-18)33(28(37)38)27(36)29(2)16-40-23-20-11-10-19(25-30-12-13-39-25)14-21(20)41-24(23)26(35)32(29)15-22(34)31(3)4/h5-14,17H,15-16H2,1-4H3,(H,37,38)/t17-,29?/m0/s1. The number of carbonyl (C=O) groups excluding carboxylic acids is 3. The number of fused-ring (bicyclic) bond motifs is 3. The van der Waals surface area contributed by atoms with E-state index in [0.717, 1.165) is 4.90 Å². The van der Waals surface area contributed by atoms with Gasteiger partial charge in [-0.05, 0) is 37.6 Å². The van der Waals surface area contributed by atoms with Gasteiger partial charge >= 0.3 is 6.09 Å². The molecule has 12 heteroatoms. The van der Waals surface area contributed by atoms with Crippen LogP contribution in [0.3, 0.4) is 0 Å². The molecule has 1 aliphatic rings. The maximum atomic E-state index is 14.1. The Kier molecular flexibility index (Phi) is 6.99. The van der Waals surface area contributed by atoms with Crippen molar-refractivity contribution in [1.29, 1.82) is 0 Å². The van der Waals surface area contributed by atoms with Crippen LogP contribution < -0.4 is 4.74 Å². The van der Waals surface area contributed by atoms with E-state index in [0.29, 0.717) is 32.9 Å². The van der Waals surface area contributed by atoms with Crippen molar-refractivity contribution in [3.63, 3.8) is 0 Å². The summed E-state index contributed by atoms with van der Waals surface area (Å²) in [6.45, 7) is 2.00. The molecule has 5 rings (SSSR count). The SMILES string of the molecule is C[C@@H](c1ccccc1)N(C(=O)O)C(=O)C1(C)COc2c(oc3cc(-c4ncco4)ccc23)C(=O)N1CC(=O)N(C)C. The van der Waals surface area contributed by atoms with Crippen LogP contribution in [-0.4, -0.2) is 81.4 Å². The molecular formula is C29H28N4O8. The number of aromatic nitrogens is 1. The number of hydrogen-bond donors (Lipinski definition) is 1. The molecule has 0 radical (unpaired) electrons. The smallest absolute Gasteiger partial charge is 0.414 e. The van der Waals surface area contributed by atoms with Gasteiger partial charge < -0.3 is 28.5 Å². The third-order valence-corrected chi connectivity index (χ3v) is 7.20. The Bertz CT molecular complexity index is 1630. The summed E-state index contributed by atoms with van der Waals surface area (Å²) in [5, 5.41) is 10.6. The second kappa shape index (κ2) is 10.5. The van der Waals surface area contributed by atoms with Gasteiger partial charge in [-0.25, -0.2) is 14.7 Å². The van der Waals surface area contributed by atoms with E-state index >= 15 is 0 Å². The molecule has 3 heterocycles. The van der Waals surface area contributed by atoms with Crippen molar-refractivity contribution in [1.82, 2.24) is 19.7 Å².